The molecular formula is C14H21NO2. The number of hydrogen-bond acceptors (Lipinski definition) is 3. The van der Waals surface area contributed by atoms with Crippen LogP contribution in [0.15, 0.2) is 12.1 Å². The molecule has 1 N–H and O–H groups in total. The number of aliphatic hydroxyl groups excluding tert-OH is 1. The third-order valence-electron chi connectivity index (χ3n) is 3.52. The van der Waals surface area contributed by atoms with Gasteiger partial charge in [-0.15, -0.1) is 0 Å². The van der Waals surface area contributed by atoms with Crippen molar-refractivity contribution in [2.24, 2.45) is 5.92 Å². The standard InChI is InChI=1S/C14H21NO2/c1-10-3-4-13(11(2)15-10)14(16)9-12-5-7-17-8-6-12/h3-4,12,14,16H,5-9H2,1-2H3. The fourth-order valence-electron chi connectivity index (χ4n) is 2.47. The van der Waals surface area contributed by atoms with Crippen LogP contribution in [-0.4, -0.2) is 23.3 Å². The Hall–Kier alpha value is -0.930. The summed E-state index contributed by atoms with van der Waals surface area (Å²) in [7, 11) is 0. The van der Waals surface area contributed by atoms with E-state index in [1.807, 2.05) is 26.0 Å². The first-order valence-electron chi connectivity index (χ1n) is 6.37. The van der Waals surface area contributed by atoms with Crippen molar-refractivity contribution in [3.05, 3.63) is 29.1 Å². The summed E-state index contributed by atoms with van der Waals surface area (Å²) < 4.78 is 5.33. The number of aryl methyl sites for hydroxylation is 2. The zero-order valence-electron chi connectivity index (χ0n) is 10.6. The van der Waals surface area contributed by atoms with Gasteiger partial charge < -0.3 is 9.84 Å². The quantitative estimate of drug-likeness (QED) is 0.875. The van der Waals surface area contributed by atoms with Gasteiger partial charge >= 0.3 is 0 Å². The fraction of sp³-hybridized carbons (Fsp3) is 0.643. The average Bonchev–Trinajstić information content (AvgIpc) is 2.30. The Bertz CT molecular complexity index is 372. The highest BCUT2D eigenvalue weighted by Gasteiger charge is 2.20. The summed E-state index contributed by atoms with van der Waals surface area (Å²) in [6.07, 6.45) is 2.57. The molecule has 1 unspecified atom stereocenters. The second kappa shape index (κ2) is 5.61. The maximum absolute atomic E-state index is 10.3. The van der Waals surface area contributed by atoms with E-state index in [-0.39, 0.29) is 6.10 Å². The second-order valence-electron chi connectivity index (χ2n) is 4.93. The fourth-order valence-corrected chi connectivity index (χ4v) is 2.47. The second-order valence-corrected chi connectivity index (χ2v) is 4.93. The lowest BCUT2D eigenvalue weighted by atomic mass is 9.90. The Kier molecular flexibility index (Phi) is 4.13. The predicted molar refractivity (Wildman–Crippen MR) is 66.8 cm³/mol. The summed E-state index contributed by atoms with van der Waals surface area (Å²) in [5.74, 6) is 0.583. The van der Waals surface area contributed by atoms with Crippen molar-refractivity contribution in [1.82, 2.24) is 4.98 Å². The number of aromatic nitrogens is 1. The molecule has 1 aromatic rings. The molecule has 0 amide bonds. The van der Waals surface area contributed by atoms with Gasteiger partial charge in [-0.25, -0.2) is 0 Å². The number of nitrogens with zero attached hydrogens (tertiary/aromatic N) is 1. The van der Waals surface area contributed by atoms with Gasteiger partial charge in [-0.1, -0.05) is 6.07 Å². The third-order valence-corrected chi connectivity index (χ3v) is 3.52. The van der Waals surface area contributed by atoms with Crippen molar-refractivity contribution in [3.63, 3.8) is 0 Å². The molecule has 0 bridgehead atoms. The van der Waals surface area contributed by atoms with Crippen molar-refractivity contribution in [2.45, 2.75) is 39.2 Å². The molecule has 0 radical (unpaired) electrons. The number of rotatable bonds is 3. The van der Waals surface area contributed by atoms with E-state index in [2.05, 4.69) is 4.98 Å². The van der Waals surface area contributed by atoms with Crippen molar-refractivity contribution in [3.8, 4) is 0 Å². The molecular weight excluding hydrogens is 214 g/mol. The molecule has 1 aliphatic rings. The Balaban J connectivity index is 2.00. The molecule has 17 heavy (non-hydrogen) atoms. The van der Waals surface area contributed by atoms with Crippen molar-refractivity contribution >= 4 is 0 Å². The van der Waals surface area contributed by atoms with Gasteiger partial charge in [0.15, 0.2) is 0 Å². The van der Waals surface area contributed by atoms with E-state index in [4.69, 9.17) is 4.74 Å². The van der Waals surface area contributed by atoms with Crippen LogP contribution in [0.4, 0.5) is 0 Å². The molecule has 1 atom stereocenters. The summed E-state index contributed by atoms with van der Waals surface area (Å²) >= 11 is 0. The van der Waals surface area contributed by atoms with Crippen LogP contribution in [0, 0.1) is 19.8 Å². The van der Waals surface area contributed by atoms with E-state index in [0.717, 1.165) is 49.4 Å². The highest BCUT2D eigenvalue weighted by Crippen LogP contribution is 2.28. The predicted octanol–water partition coefficient (Wildman–Crippen LogP) is 2.55. The molecule has 0 aromatic carbocycles. The van der Waals surface area contributed by atoms with Crippen molar-refractivity contribution in [1.29, 1.82) is 0 Å². The Morgan fingerprint density at radius 1 is 1.35 bits per heavy atom. The van der Waals surface area contributed by atoms with E-state index < -0.39 is 0 Å². The van der Waals surface area contributed by atoms with Gasteiger partial charge in [-0.2, -0.15) is 0 Å². The minimum atomic E-state index is -0.383. The van der Waals surface area contributed by atoms with Crippen LogP contribution in [0.25, 0.3) is 0 Å². The Labute approximate surface area is 103 Å². The summed E-state index contributed by atoms with van der Waals surface area (Å²) in [5, 5.41) is 10.3. The molecule has 0 spiro atoms. The molecule has 2 rings (SSSR count). The number of ether oxygens (including phenoxy) is 1. The van der Waals surface area contributed by atoms with E-state index in [9.17, 15) is 5.11 Å². The number of hydrogen-bond donors (Lipinski definition) is 1. The molecule has 1 fully saturated rings. The van der Waals surface area contributed by atoms with Crippen LogP contribution >= 0.6 is 0 Å². The largest absolute Gasteiger partial charge is 0.388 e. The zero-order chi connectivity index (χ0) is 12.3. The minimum absolute atomic E-state index is 0.383. The maximum atomic E-state index is 10.3. The first-order chi connectivity index (χ1) is 8.16. The van der Waals surface area contributed by atoms with Crippen molar-refractivity contribution < 1.29 is 9.84 Å². The van der Waals surface area contributed by atoms with Gasteiger partial charge in [0, 0.05) is 30.2 Å². The summed E-state index contributed by atoms with van der Waals surface area (Å²) in [4.78, 5) is 4.40. The first-order valence-corrected chi connectivity index (χ1v) is 6.37. The average molecular weight is 235 g/mol. The zero-order valence-corrected chi connectivity index (χ0v) is 10.6. The third kappa shape index (κ3) is 3.27. The van der Waals surface area contributed by atoms with Gasteiger partial charge in [-0.05, 0) is 45.1 Å². The highest BCUT2D eigenvalue weighted by atomic mass is 16.5. The Morgan fingerprint density at radius 2 is 2.06 bits per heavy atom. The van der Waals surface area contributed by atoms with Gasteiger partial charge in [0.05, 0.1) is 6.10 Å². The van der Waals surface area contributed by atoms with Crippen LogP contribution < -0.4 is 0 Å². The van der Waals surface area contributed by atoms with E-state index in [1.165, 1.54) is 0 Å². The molecule has 1 aromatic heterocycles. The molecule has 0 saturated carbocycles. The maximum Gasteiger partial charge on any atom is 0.0810 e. The van der Waals surface area contributed by atoms with Gasteiger partial charge in [-0.3, -0.25) is 4.98 Å². The highest BCUT2D eigenvalue weighted by molar-refractivity contribution is 5.23. The molecule has 2 heterocycles. The monoisotopic (exact) mass is 235 g/mol. The molecule has 1 saturated heterocycles. The molecule has 3 nitrogen and oxygen atoms in total. The van der Waals surface area contributed by atoms with Crippen molar-refractivity contribution in [2.75, 3.05) is 13.2 Å². The van der Waals surface area contributed by atoms with Gasteiger partial charge in [0.1, 0.15) is 0 Å². The van der Waals surface area contributed by atoms with Gasteiger partial charge in [0.25, 0.3) is 0 Å². The van der Waals surface area contributed by atoms with Crippen LogP contribution in [0.2, 0.25) is 0 Å². The number of pyridine rings is 1. The normalized spacial score (nSPS) is 19.2. The lowest BCUT2D eigenvalue weighted by Gasteiger charge is -2.24. The first kappa shape index (κ1) is 12.5. The topological polar surface area (TPSA) is 42.4 Å². The number of aliphatic hydroxyl groups is 1. The van der Waals surface area contributed by atoms with Crippen LogP contribution in [0.5, 0.6) is 0 Å². The van der Waals surface area contributed by atoms with Crippen LogP contribution in [0.3, 0.4) is 0 Å². The summed E-state index contributed by atoms with van der Waals surface area (Å²) in [5.41, 5.74) is 2.93. The van der Waals surface area contributed by atoms with E-state index >= 15 is 0 Å². The van der Waals surface area contributed by atoms with Crippen LogP contribution in [-0.2, 0) is 4.74 Å². The molecule has 3 heteroatoms. The van der Waals surface area contributed by atoms with E-state index in [0.29, 0.717) is 5.92 Å². The summed E-state index contributed by atoms with van der Waals surface area (Å²) in [6, 6.07) is 3.97. The van der Waals surface area contributed by atoms with Crippen LogP contribution in [0.1, 0.15) is 42.3 Å². The van der Waals surface area contributed by atoms with E-state index in [1.54, 1.807) is 0 Å². The lowest BCUT2D eigenvalue weighted by Crippen LogP contribution is -2.18. The SMILES string of the molecule is Cc1ccc(C(O)CC2CCOCC2)c(C)n1. The molecule has 94 valence electrons. The Morgan fingerprint density at radius 3 is 2.71 bits per heavy atom. The lowest BCUT2D eigenvalue weighted by molar-refractivity contribution is 0.0433. The van der Waals surface area contributed by atoms with Gasteiger partial charge in [0.2, 0.25) is 0 Å². The molecule has 0 aliphatic carbocycles. The smallest absolute Gasteiger partial charge is 0.0810 e. The summed E-state index contributed by atoms with van der Waals surface area (Å²) in [6.45, 7) is 5.61. The minimum Gasteiger partial charge on any atom is -0.388 e. The molecule has 1 aliphatic heterocycles.